The molecule has 0 bridgehead atoms. The van der Waals surface area contributed by atoms with Gasteiger partial charge in [0.1, 0.15) is 11.5 Å². The lowest BCUT2D eigenvalue weighted by molar-refractivity contribution is -0.134. The number of amides is 1. The molecule has 5 heteroatoms. The molecule has 0 radical (unpaired) electrons. The van der Waals surface area contributed by atoms with Crippen LogP contribution < -0.4 is 5.32 Å². The second-order valence-corrected chi connectivity index (χ2v) is 3.07. The Labute approximate surface area is 91.4 Å². The molecule has 0 spiro atoms. The highest BCUT2D eigenvalue weighted by Crippen LogP contribution is 2.10. The smallest absolute Gasteiger partial charge is 0.352 e. The predicted octanol–water partition coefficient (Wildman–Crippen LogP) is 1.39. The first-order chi connectivity index (χ1) is 7.50. The van der Waals surface area contributed by atoms with Gasteiger partial charge in [-0.3, -0.25) is 4.79 Å². The molecule has 0 aromatic heterocycles. The number of carboxylic acid groups (broad SMARTS) is 1. The summed E-state index contributed by atoms with van der Waals surface area (Å²) >= 11 is 0. The first-order valence-electron chi connectivity index (χ1n) is 4.48. The normalized spacial score (nSPS) is 11.0. The summed E-state index contributed by atoms with van der Waals surface area (Å²) in [6.45, 7) is 1.18. The SMILES string of the molecule is CC(=O)NC(=Cc1ccccc1F)C(=O)O. The molecule has 1 aromatic carbocycles. The molecule has 0 saturated heterocycles. The number of rotatable bonds is 3. The fourth-order valence-corrected chi connectivity index (χ4v) is 1.09. The molecule has 1 amide bonds. The van der Waals surface area contributed by atoms with Crippen LogP contribution in [-0.2, 0) is 9.59 Å². The minimum atomic E-state index is -1.32. The van der Waals surface area contributed by atoms with Crippen LogP contribution in [-0.4, -0.2) is 17.0 Å². The van der Waals surface area contributed by atoms with E-state index < -0.39 is 17.7 Å². The van der Waals surface area contributed by atoms with E-state index in [1.54, 1.807) is 6.07 Å². The molecule has 84 valence electrons. The molecule has 0 saturated carbocycles. The molecule has 0 aliphatic rings. The molecule has 1 rings (SSSR count). The van der Waals surface area contributed by atoms with Crippen molar-refractivity contribution >= 4 is 18.0 Å². The molecule has 0 fully saturated rings. The monoisotopic (exact) mass is 223 g/mol. The fraction of sp³-hybridized carbons (Fsp3) is 0.0909. The third-order valence-corrected chi connectivity index (χ3v) is 1.75. The highest BCUT2D eigenvalue weighted by molar-refractivity contribution is 5.96. The van der Waals surface area contributed by atoms with Crippen molar-refractivity contribution in [1.82, 2.24) is 5.32 Å². The number of hydrogen-bond acceptors (Lipinski definition) is 2. The van der Waals surface area contributed by atoms with E-state index in [0.717, 1.165) is 6.08 Å². The van der Waals surface area contributed by atoms with Gasteiger partial charge in [-0.1, -0.05) is 18.2 Å². The van der Waals surface area contributed by atoms with Crippen LogP contribution in [0.5, 0.6) is 0 Å². The molecule has 16 heavy (non-hydrogen) atoms. The summed E-state index contributed by atoms with van der Waals surface area (Å²) in [6, 6.07) is 5.69. The van der Waals surface area contributed by atoms with E-state index in [0.29, 0.717) is 0 Å². The molecule has 0 heterocycles. The molecule has 0 aliphatic heterocycles. The number of carbonyl (C=O) groups excluding carboxylic acids is 1. The summed E-state index contributed by atoms with van der Waals surface area (Å²) in [7, 11) is 0. The minimum absolute atomic E-state index is 0.105. The van der Waals surface area contributed by atoms with E-state index in [1.807, 2.05) is 0 Å². The van der Waals surface area contributed by atoms with Crippen LogP contribution in [0.2, 0.25) is 0 Å². The van der Waals surface area contributed by atoms with Gasteiger partial charge >= 0.3 is 5.97 Å². The van der Waals surface area contributed by atoms with Crippen molar-refractivity contribution < 1.29 is 19.1 Å². The van der Waals surface area contributed by atoms with Gasteiger partial charge in [-0.05, 0) is 12.1 Å². The van der Waals surface area contributed by atoms with Crippen molar-refractivity contribution in [2.45, 2.75) is 6.92 Å². The predicted molar refractivity (Wildman–Crippen MR) is 55.8 cm³/mol. The number of nitrogens with one attached hydrogen (secondary N) is 1. The molecule has 2 N–H and O–H groups in total. The standard InChI is InChI=1S/C11H10FNO3/c1-7(14)13-10(11(15)16)6-8-4-2-3-5-9(8)12/h2-6H,1H3,(H,13,14)(H,15,16). The topological polar surface area (TPSA) is 66.4 Å². The Balaban J connectivity index is 3.07. The van der Waals surface area contributed by atoms with E-state index in [9.17, 15) is 14.0 Å². The lowest BCUT2D eigenvalue weighted by Gasteiger charge is -2.03. The second kappa shape index (κ2) is 5.06. The van der Waals surface area contributed by atoms with Crippen molar-refractivity contribution in [3.05, 3.63) is 41.3 Å². The Morgan fingerprint density at radius 1 is 1.38 bits per heavy atom. The van der Waals surface area contributed by atoms with Crippen molar-refractivity contribution in [3.63, 3.8) is 0 Å². The summed E-state index contributed by atoms with van der Waals surface area (Å²) in [5, 5.41) is 10.9. The van der Waals surface area contributed by atoms with Gasteiger partial charge in [0.15, 0.2) is 0 Å². The van der Waals surface area contributed by atoms with Gasteiger partial charge in [0.05, 0.1) is 0 Å². The summed E-state index contributed by atoms with van der Waals surface area (Å²) in [5.41, 5.74) is -0.258. The van der Waals surface area contributed by atoms with Crippen LogP contribution in [0.1, 0.15) is 12.5 Å². The van der Waals surface area contributed by atoms with E-state index >= 15 is 0 Å². The average Bonchev–Trinajstić information content (AvgIpc) is 2.19. The van der Waals surface area contributed by atoms with E-state index in [2.05, 4.69) is 5.32 Å². The molecule has 0 aliphatic carbocycles. The van der Waals surface area contributed by atoms with Gasteiger partial charge in [0.2, 0.25) is 5.91 Å². The number of benzene rings is 1. The maximum absolute atomic E-state index is 13.2. The van der Waals surface area contributed by atoms with Crippen molar-refractivity contribution in [3.8, 4) is 0 Å². The van der Waals surface area contributed by atoms with Crippen LogP contribution in [0.3, 0.4) is 0 Å². The lowest BCUT2D eigenvalue weighted by atomic mass is 10.2. The second-order valence-electron chi connectivity index (χ2n) is 3.07. The Morgan fingerprint density at radius 2 is 2.00 bits per heavy atom. The van der Waals surface area contributed by atoms with Crippen LogP contribution >= 0.6 is 0 Å². The zero-order valence-corrected chi connectivity index (χ0v) is 8.53. The number of carboxylic acids is 1. The van der Waals surface area contributed by atoms with E-state index in [4.69, 9.17) is 5.11 Å². The van der Waals surface area contributed by atoms with Crippen LogP contribution in [0.4, 0.5) is 4.39 Å². The number of hydrogen-bond donors (Lipinski definition) is 2. The van der Waals surface area contributed by atoms with Gasteiger partial charge in [0.25, 0.3) is 0 Å². The van der Waals surface area contributed by atoms with Gasteiger partial charge in [-0.15, -0.1) is 0 Å². The Bertz CT molecular complexity index is 454. The van der Waals surface area contributed by atoms with Crippen molar-refractivity contribution in [2.75, 3.05) is 0 Å². The zero-order chi connectivity index (χ0) is 12.1. The summed E-state index contributed by atoms with van der Waals surface area (Å²) in [5.74, 6) is -2.39. The minimum Gasteiger partial charge on any atom is -0.477 e. The quantitative estimate of drug-likeness (QED) is 0.761. The van der Waals surface area contributed by atoms with Gasteiger partial charge in [-0.2, -0.15) is 0 Å². The molecular weight excluding hydrogens is 213 g/mol. The number of carbonyl (C=O) groups is 2. The average molecular weight is 223 g/mol. The van der Waals surface area contributed by atoms with Crippen LogP contribution in [0.15, 0.2) is 30.0 Å². The van der Waals surface area contributed by atoms with E-state index in [1.165, 1.54) is 25.1 Å². The largest absolute Gasteiger partial charge is 0.477 e. The van der Waals surface area contributed by atoms with Crippen LogP contribution in [0, 0.1) is 5.82 Å². The highest BCUT2D eigenvalue weighted by Gasteiger charge is 2.09. The number of halogens is 1. The third-order valence-electron chi connectivity index (χ3n) is 1.75. The van der Waals surface area contributed by atoms with Gasteiger partial charge in [0, 0.05) is 12.5 Å². The summed E-state index contributed by atoms with van der Waals surface area (Å²) in [4.78, 5) is 21.5. The molecule has 0 atom stereocenters. The number of aliphatic carboxylic acids is 1. The summed E-state index contributed by atoms with van der Waals surface area (Å²) in [6.07, 6.45) is 1.07. The Morgan fingerprint density at radius 3 is 2.50 bits per heavy atom. The molecular formula is C11H10FNO3. The van der Waals surface area contributed by atoms with E-state index in [-0.39, 0.29) is 11.3 Å². The van der Waals surface area contributed by atoms with Gasteiger partial charge in [-0.25, -0.2) is 9.18 Å². The fourth-order valence-electron chi connectivity index (χ4n) is 1.09. The van der Waals surface area contributed by atoms with Crippen molar-refractivity contribution in [1.29, 1.82) is 0 Å². The summed E-state index contributed by atoms with van der Waals surface area (Å²) < 4.78 is 13.2. The zero-order valence-electron chi connectivity index (χ0n) is 8.53. The first kappa shape index (κ1) is 11.9. The maximum Gasteiger partial charge on any atom is 0.352 e. The molecule has 1 aromatic rings. The molecule has 0 unspecified atom stereocenters. The van der Waals surface area contributed by atoms with Crippen LogP contribution in [0.25, 0.3) is 6.08 Å². The molecule has 4 nitrogen and oxygen atoms in total. The van der Waals surface area contributed by atoms with Gasteiger partial charge < -0.3 is 10.4 Å². The third kappa shape index (κ3) is 3.20. The maximum atomic E-state index is 13.2. The Kier molecular flexibility index (Phi) is 3.77. The lowest BCUT2D eigenvalue weighted by Crippen LogP contribution is -2.24. The van der Waals surface area contributed by atoms with Crippen molar-refractivity contribution in [2.24, 2.45) is 0 Å². The Hall–Kier alpha value is -2.17. The highest BCUT2D eigenvalue weighted by atomic mass is 19.1. The first-order valence-corrected chi connectivity index (χ1v) is 4.48.